The average Bonchev–Trinajstić information content (AvgIpc) is 2.52. The third kappa shape index (κ3) is 3.69. The van der Waals surface area contributed by atoms with Crippen LogP contribution in [-0.2, 0) is 4.74 Å². The van der Waals surface area contributed by atoms with Gasteiger partial charge in [0, 0.05) is 30.9 Å². The normalized spacial score (nSPS) is 21.9. The topological polar surface area (TPSA) is 67.4 Å². The van der Waals surface area contributed by atoms with Gasteiger partial charge in [0.2, 0.25) is 5.82 Å². The van der Waals surface area contributed by atoms with Gasteiger partial charge in [-0.3, -0.25) is 0 Å². The summed E-state index contributed by atoms with van der Waals surface area (Å²) in [7, 11) is 5.40. The van der Waals surface area contributed by atoms with Crippen molar-refractivity contribution < 1.29 is 9.53 Å². The predicted octanol–water partition coefficient (Wildman–Crippen LogP) is 1.54. The Kier molecular flexibility index (Phi) is 5.12. The van der Waals surface area contributed by atoms with Crippen LogP contribution in [0.3, 0.4) is 0 Å². The van der Waals surface area contributed by atoms with Gasteiger partial charge in [-0.2, -0.15) is 0 Å². The Morgan fingerprint density at radius 3 is 2.57 bits per heavy atom. The minimum atomic E-state index is -0.493. The van der Waals surface area contributed by atoms with E-state index in [2.05, 4.69) is 20.2 Å². The minimum absolute atomic E-state index is 0.128. The second kappa shape index (κ2) is 6.85. The summed E-state index contributed by atoms with van der Waals surface area (Å²) in [5, 5.41) is 3.34. The SMILES string of the molecule is CNC1CCC(N(C)c2cc(C)nc(C(=O)OC)n2)CC1. The van der Waals surface area contributed by atoms with Crippen molar-refractivity contribution in [1.82, 2.24) is 15.3 Å². The standard InChI is InChI=1S/C15H24N4O2/c1-10-9-13(18-14(17-10)15(20)21-4)19(3)12-7-5-11(16-2)6-8-12/h9,11-12,16H,5-8H2,1-4H3. The lowest BCUT2D eigenvalue weighted by molar-refractivity contribution is 0.0586. The summed E-state index contributed by atoms with van der Waals surface area (Å²) in [6, 6.07) is 2.98. The number of nitrogens with zero attached hydrogens (tertiary/aromatic N) is 3. The first kappa shape index (κ1) is 15.7. The van der Waals surface area contributed by atoms with Crippen molar-refractivity contribution in [3.63, 3.8) is 0 Å². The number of aryl methyl sites for hydroxylation is 1. The zero-order valence-electron chi connectivity index (χ0n) is 13.2. The number of nitrogens with one attached hydrogen (secondary N) is 1. The van der Waals surface area contributed by atoms with E-state index in [1.807, 2.05) is 27.1 Å². The molecule has 0 radical (unpaired) electrons. The van der Waals surface area contributed by atoms with E-state index < -0.39 is 5.97 Å². The summed E-state index contributed by atoms with van der Waals surface area (Å²) in [6.45, 7) is 1.86. The van der Waals surface area contributed by atoms with Gasteiger partial charge in [-0.05, 0) is 39.7 Å². The van der Waals surface area contributed by atoms with Crippen LogP contribution in [0.25, 0.3) is 0 Å². The number of carbonyl (C=O) groups is 1. The van der Waals surface area contributed by atoms with Gasteiger partial charge in [0.1, 0.15) is 5.82 Å². The molecule has 1 aliphatic carbocycles. The van der Waals surface area contributed by atoms with E-state index in [-0.39, 0.29) is 5.82 Å². The fraction of sp³-hybridized carbons (Fsp3) is 0.667. The highest BCUT2D eigenvalue weighted by molar-refractivity contribution is 5.85. The lowest BCUT2D eigenvalue weighted by Crippen LogP contribution is -2.40. The Hall–Kier alpha value is -1.69. The molecule has 6 heteroatoms. The number of hydrogen-bond acceptors (Lipinski definition) is 6. The molecule has 0 unspecified atom stereocenters. The van der Waals surface area contributed by atoms with E-state index >= 15 is 0 Å². The molecule has 1 N–H and O–H groups in total. The van der Waals surface area contributed by atoms with Crippen molar-refractivity contribution >= 4 is 11.8 Å². The van der Waals surface area contributed by atoms with Gasteiger partial charge in [0.05, 0.1) is 7.11 Å². The van der Waals surface area contributed by atoms with Gasteiger partial charge in [-0.15, -0.1) is 0 Å². The van der Waals surface area contributed by atoms with E-state index in [1.165, 1.54) is 20.0 Å². The van der Waals surface area contributed by atoms with E-state index in [0.29, 0.717) is 12.1 Å². The summed E-state index contributed by atoms with van der Waals surface area (Å²) in [4.78, 5) is 22.3. The molecule has 0 spiro atoms. The molecule has 116 valence electrons. The fourth-order valence-corrected chi connectivity index (χ4v) is 2.85. The molecule has 0 bridgehead atoms. The number of anilines is 1. The highest BCUT2D eigenvalue weighted by Crippen LogP contribution is 2.25. The van der Waals surface area contributed by atoms with Crippen LogP contribution >= 0.6 is 0 Å². The van der Waals surface area contributed by atoms with Crippen molar-refractivity contribution in [2.75, 3.05) is 26.1 Å². The zero-order chi connectivity index (χ0) is 15.4. The molecule has 1 aromatic rings. The maximum absolute atomic E-state index is 11.6. The van der Waals surface area contributed by atoms with E-state index in [9.17, 15) is 4.79 Å². The molecule has 21 heavy (non-hydrogen) atoms. The van der Waals surface area contributed by atoms with E-state index in [1.54, 1.807) is 0 Å². The summed E-state index contributed by atoms with van der Waals surface area (Å²) >= 11 is 0. The molecule has 1 fully saturated rings. The number of aromatic nitrogens is 2. The van der Waals surface area contributed by atoms with Crippen LogP contribution in [0.5, 0.6) is 0 Å². The Balaban J connectivity index is 2.14. The fourth-order valence-electron chi connectivity index (χ4n) is 2.85. The molecule has 1 heterocycles. The third-order valence-corrected chi connectivity index (χ3v) is 4.22. The van der Waals surface area contributed by atoms with Gasteiger partial charge < -0.3 is 15.0 Å². The van der Waals surface area contributed by atoms with Gasteiger partial charge in [0.25, 0.3) is 0 Å². The first-order valence-electron chi connectivity index (χ1n) is 7.39. The summed E-state index contributed by atoms with van der Waals surface area (Å²) in [5.41, 5.74) is 0.774. The molecule has 0 atom stereocenters. The van der Waals surface area contributed by atoms with E-state index in [0.717, 1.165) is 24.4 Å². The number of carbonyl (C=O) groups excluding carboxylic acids is 1. The average molecular weight is 292 g/mol. The van der Waals surface area contributed by atoms with Crippen molar-refractivity contribution in [3.8, 4) is 0 Å². The molecule has 6 nitrogen and oxygen atoms in total. The van der Waals surface area contributed by atoms with E-state index in [4.69, 9.17) is 4.74 Å². The number of methoxy groups -OCH3 is 1. The minimum Gasteiger partial charge on any atom is -0.463 e. The molecule has 0 aromatic carbocycles. The Bertz CT molecular complexity index is 498. The molecular formula is C15H24N4O2. The van der Waals surface area contributed by atoms with Crippen LogP contribution in [0, 0.1) is 6.92 Å². The molecule has 0 saturated heterocycles. The molecule has 1 aliphatic rings. The van der Waals surface area contributed by atoms with Gasteiger partial charge in [-0.25, -0.2) is 14.8 Å². The molecule has 2 rings (SSSR count). The summed E-state index contributed by atoms with van der Waals surface area (Å²) in [6.07, 6.45) is 4.58. The molecular weight excluding hydrogens is 268 g/mol. The first-order chi connectivity index (χ1) is 10.0. The predicted molar refractivity (Wildman–Crippen MR) is 81.6 cm³/mol. The number of esters is 1. The van der Waals surface area contributed by atoms with Gasteiger partial charge in [-0.1, -0.05) is 0 Å². The largest absolute Gasteiger partial charge is 0.463 e. The van der Waals surface area contributed by atoms with Gasteiger partial charge in [0.15, 0.2) is 0 Å². The van der Waals surface area contributed by atoms with Gasteiger partial charge >= 0.3 is 5.97 Å². The number of hydrogen-bond donors (Lipinski definition) is 1. The van der Waals surface area contributed by atoms with Crippen molar-refractivity contribution in [1.29, 1.82) is 0 Å². The van der Waals surface area contributed by atoms with Crippen molar-refractivity contribution in [2.24, 2.45) is 0 Å². The quantitative estimate of drug-likeness (QED) is 0.849. The summed E-state index contributed by atoms with van der Waals surface area (Å²) < 4.78 is 4.71. The van der Waals surface area contributed by atoms with Crippen LogP contribution in [0.4, 0.5) is 5.82 Å². The summed E-state index contributed by atoms with van der Waals surface area (Å²) in [5.74, 6) is 0.423. The van der Waals surface area contributed by atoms with Crippen molar-refractivity contribution in [2.45, 2.75) is 44.7 Å². The third-order valence-electron chi connectivity index (χ3n) is 4.22. The van der Waals surface area contributed by atoms with Crippen molar-refractivity contribution in [3.05, 3.63) is 17.6 Å². The van der Waals surface area contributed by atoms with Crippen LogP contribution < -0.4 is 10.2 Å². The zero-order valence-corrected chi connectivity index (χ0v) is 13.2. The molecule has 1 aromatic heterocycles. The second-order valence-electron chi connectivity index (χ2n) is 5.59. The monoisotopic (exact) mass is 292 g/mol. The van der Waals surface area contributed by atoms with Crippen LogP contribution in [-0.4, -0.2) is 49.2 Å². The highest BCUT2D eigenvalue weighted by atomic mass is 16.5. The lowest BCUT2D eigenvalue weighted by Gasteiger charge is -2.35. The first-order valence-corrected chi connectivity index (χ1v) is 7.39. The Morgan fingerprint density at radius 1 is 1.33 bits per heavy atom. The lowest BCUT2D eigenvalue weighted by atomic mass is 9.90. The second-order valence-corrected chi connectivity index (χ2v) is 5.59. The smallest absolute Gasteiger partial charge is 0.376 e. The molecule has 0 aliphatic heterocycles. The Morgan fingerprint density at radius 2 is 2.00 bits per heavy atom. The highest BCUT2D eigenvalue weighted by Gasteiger charge is 2.24. The maximum atomic E-state index is 11.6. The molecule has 0 amide bonds. The van der Waals surface area contributed by atoms with Crippen LogP contribution in [0.1, 0.15) is 42.0 Å². The van der Waals surface area contributed by atoms with Crippen LogP contribution in [0.15, 0.2) is 6.07 Å². The van der Waals surface area contributed by atoms with Crippen LogP contribution in [0.2, 0.25) is 0 Å². The number of ether oxygens (including phenoxy) is 1. The maximum Gasteiger partial charge on any atom is 0.376 e. The molecule has 1 saturated carbocycles. The number of rotatable bonds is 4. The Labute approximate surface area is 125 Å².